The lowest BCUT2D eigenvalue weighted by Crippen LogP contribution is -2.04. The molecule has 0 unspecified atom stereocenters. The summed E-state index contributed by atoms with van der Waals surface area (Å²) in [6.07, 6.45) is 0.110. The third kappa shape index (κ3) is 3.09. The van der Waals surface area contributed by atoms with E-state index in [1.807, 2.05) is 0 Å². The number of halogens is 3. The number of rotatable bonds is 3. The largest absolute Gasteiger partial charge is 0.294 e. The Morgan fingerprint density at radius 3 is 2.56 bits per heavy atom. The fourth-order valence-corrected chi connectivity index (χ4v) is 2.16. The van der Waals surface area contributed by atoms with Crippen LogP contribution < -0.4 is 0 Å². The summed E-state index contributed by atoms with van der Waals surface area (Å²) in [5.41, 5.74) is 1.01. The number of hydrogen-bond donors (Lipinski definition) is 0. The van der Waals surface area contributed by atoms with Crippen LogP contribution in [0.15, 0.2) is 42.5 Å². The molecule has 0 atom stereocenters. The molecule has 0 aromatic heterocycles. The first-order chi connectivity index (χ1) is 8.56. The van der Waals surface area contributed by atoms with Crippen molar-refractivity contribution in [2.75, 3.05) is 0 Å². The van der Waals surface area contributed by atoms with Gasteiger partial charge in [0.05, 0.1) is 5.02 Å². The van der Waals surface area contributed by atoms with E-state index < -0.39 is 0 Å². The minimum Gasteiger partial charge on any atom is -0.294 e. The lowest BCUT2D eigenvalue weighted by Gasteiger charge is -2.04. The Morgan fingerprint density at radius 1 is 1.11 bits per heavy atom. The third-order valence-corrected chi connectivity index (χ3v) is 3.03. The lowest BCUT2D eigenvalue weighted by atomic mass is 10.0. The molecule has 1 nitrogen and oxygen atoms in total. The van der Waals surface area contributed by atoms with Crippen LogP contribution in [-0.4, -0.2) is 5.78 Å². The summed E-state index contributed by atoms with van der Waals surface area (Å²) in [5.74, 6) is -0.523. The third-order valence-electron chi connectivity index (χ3n) is 2.49. The molecular weight excluding hydrogens is 274 g/mol. The van der Waals surface area contributed by atoms with Crippen molar-refractivity contribution in [3.63, 3.8) is 0 Å². The minimum atomic E-state index is -0.359. The minimum absolute atomic E-state index is 0.110. The van der Waals surface area contributed by atoms with Gasteiger partial charge in [0.15, 0.2) is 5.78 Å². The van der Waals surface area contributed by atoms with Gasteiger partial charge in [0.2, 0.25) is 0 Å². The molecule has 2 rings (SSSR count). The quantitative estimate of drug-likeness (QED) is 0.755. The van der Waals surface area contributed by atoms with Crippen molar-refractivity contribution in [3.8, 4) is 0 Å². The number of hydrogen-bond acceptors (Lipinski definition) is 1. The van der Waals surface area contributed by atoms with E-state index >= 15 is 0 Å². The number of carbonyl (C=O) groups excluding carboxylic acids is 1. The molecule has 0 aliphatic rings. The van der Waals surface area contributed by atoms with Crippen molar-refractivity contribution in [1.29, 1.82) is 0 Å². The summed E-state index contributed by atoms with van der Waals surface area (Å²) in [6.45, 7) is 0. The lowest BCUT2D eigenvalue weighted by molar-refractivity contribution is 0.0993. The van der Waals surface area contributed by atoms with Crippen molar-refractivity contribution in [2.45, 2.75) is 6.42 Å². The fraction of sp³-hybridized carbons (Fsp3) is 0.0714. The van der Waals surface area contributed by atoms with Gasteiger partial charge in [-0.25, -0.2) is 4.39 Å². The molecule has 0 fully saturated rings. The molecule has 0 spiro atoms. The van der Waals surface area contributed by atoms with Crippen LogP contribution in [0.5, 0.6) is 0 Å². The predicted molar refractivity (Wildman–Crippen MR) is 70.9 cm³/mol. The predicted octanol–water partition coefficient (Wildman–Crippen LogP) is 4.56. The topological polar surface area (TPSA) is 17.1 Å². The van der Waals surface area contributed by atoms with Crippen molar-refractivity contribution in [1.82, 2.24) is 0 Å². The molecule has 0 bridgehead atoms. The zero-order chi connectivity index (χ0) is 13.1. The molecular formula is C14H9Cl2FO. The Labute approximate surface area is 114 Å². The van der Waals surface area contributed by atoms with E-state index in [-0.39, 0.29) is 18.0 Å². The average Bonchev–Trinajstić information content (AvgIpc) is 2.28. The highest BCUT2D eigenvalue weighted by Crippen LogP contribution is 2.22. The molecule has 0 aliphatic heterocycles. The van der Waals surface area contributed by atoms with Gasteiger partial charge >= 0.3 is 0 Å². The van der Waals surface area contributed by atoms with E-state index in [2.05, 4.69) is 0 Å². The van der Waals surface area contributed by atoms with Gasteiger partial charge in [0, 0.05) is 17.0 Å². The summed E-state index contributed by atoms with van der Waals surface area (Å²) in [4.78, 5) is 12.0. The smallest absolute Gasteiger partial charge is 0.168 e. The van der Waals surface area contributed by atoms with E-state index in [0.717, 1.165) is 0 Å². The molecule has 0 radical (unpaired) electrons. The molecule has 92 valence electrons. The van der Waals surface area contributed by atoms with E-state index in [0.29, 0.717) is 21.2 Å². The Morgan fingerprint density at radius 2 is 1.89 bits per heavy atom. The van der Waals surface area contributed by atoms with Gasteiger partial charge in [-0.05, 0) is 35.9 Å². The number of benzene rings is 2. The first-order valence-electron chi connectivity index (χ1n) is 5.29. The summed E-state index contributed by atoms with van der Waals surface area (Å²) in [5, 5.41) is 0.784. The number of carbonyl (C=O) groups is 1. The van der Waals surface area contributed by atoms with E-state index in [4.69, 9.17) is 23.2 Å². The molecule has 0 N–H and O–H groups in total. The highest BCUT2D eigenvalue weighted by Gasteiger charge is 2.11. The van der Waals surface area contributed by atoms with Gasteiger partial charge < -0.3 is 0 Å². The average molecular weight is 283 g/mol. The maximum absolute atomic E-state index is 13.0. The number of Topliss-reactive ketones (excluding diaryl/α,β-unsaturated/α-hetero) is 1. The molecule has 4 heteroatoms. The van der Waals surface area contributed by atoms with Crippen molar-refractivity contribution >= 4 is 29.0 Å². The molecule has 0 heterocycles. The van der Waals surface area contributed by atoms with Gasteiger partial charge in [-0.15, -0.1) is 0 Å². The Hall–Kier alpha value is -1.38. The van der Waals surface area contributed by atoms with E-state index in [1.165, 1.54) is 18.2 Å². The summed E-state index contributed by atoms with van der Waals surface area (Å²) in [6, 6.07) is 10.6. The normalized spacial score (nSPS) is 10.4. The molecule has 0 amide bonds. The zero-order valence-corrected chi connectivity index (χ0v) is 10.8. The van der Waals surface area contributed by atoms with Crippen LogP contribution in [-0.2, 0) is 6.42 Å². The molecule has 2 aromatic rings. The summed E-state index contributed by atoms with van der Waals surface area (Å²) < 4.78 is 13.0. The standard InChI is InChI=1S/C14H9Cl2FO/c15-10-4-5-12(13(16)8-10)14(18)7-9-2-1-3-11(17)6-9/h1-6,8H,7H2. The van der Waals surface area contributed by atoms with Crippen LogP contribution >= 0.6 is 23.2 Å². The molecule has 0 saturated carbocycles. The Balaban J connectivity index is 2.22. The summed E-state index contributed by atoms with van der Waals surface area (Å²) >= 11 is 11.7. The van der Waals surface area contributed by atoms with Crippen LogP contribution in [0.25, 0.3) is 0 Å². The second-order valence-electron chi connectivity index (χ2n) is 3.85. The van der Waals surface area contributed by atoms with Crippen LogP contribution in [0, 0.1) is 5.82 Å². The van der Waals surface area contributed by atoms with Crippen molar-refractivity contribution in [3.05, 3.63) is 69.5 Å². The maximum Gasteiger partial charge on any atom is 0.168 e. The van der Waals surface area contributed by atoms with Gasteiger partial charge in [-0.2, -0.15) is 0 Å². The fourth-order valence-electron chi connectivity index (χ4n) is 1.64. The molecule has 0 aliphatic carbocycles. The molecule has 18 heavy (non-hydrogen) atoms. The first-order valence-corrected chi connectivity index (χ1v) is 6.04. The zero-order valence-electron chi connectivity index (χ0n) is 9.29. The van der Waals surface area contributed by atoms with Crippen LogP contribution in [0.4, 0.5) is 4.39 Å². The first kappa shape index (κ1) is 13.1. The molecule has 0 saturated heterocycles. The SMILES string of the molecule is O=C(Cc1cccc(F)c1)c1ccc(Cl)cc1Cl. The second kappa shape index (κ2) is 5.51. The van der Waals surface area contributed by atoms with Gasteiger partial charge in [-0.3, -0.25) is 4.79 Å². The van der Waals surface area contributed by atoms with E-state index in [1.54, 1.807) is 24.3 Å². The van der Waals surface area contributed by atoms with E-state index in [9.17, 15) is 9.18 Å². The van der Waals surface area contributed by atoms with Gasteiger partial charge in [0.25, 0.3) is 0 Å². The Kier molecular flexibility index (Phi) is 4.00. The van der Waals surface area contributed by atoms with Crippen molar-refractivity contribution in [2.24, 2.45) is 0 Å². The maximum atomic E-state index is 13.0. The van der Waals surface area contributed by atoms with Crippen molar-refractivity contribution < 1.29 is 9.18 Å². The Bertz CT molecular complexity index is 596. The highest BCUT2D eigenvalue weighted by atomic mass is 35.5. The van der Waals surface area contributed by atoms with Crippen LogP contribution in [0.2, 0.25) is 10.0 Å². The summed E-state index contributed by atoms with van der Waals surface area (Å²) in [7, 11) is 0. The molecule has 2 aromatic carbocycles. The highest BCUT2D eigenvalue weighted by molar-refractivity contribution is 6.36. The van der Waals surface area contributed by atoms with Crippen LogP contribution in [0.3, 0.4) is 0 Å². The monoisotopic (exact) mass is 282 g/mol. The van der Waals surface area contributed by atoms with Gasteiger partial charge in [-0.1, -0.05) is 35.3 Å². The van der Waals surface area contributed by atoms with Gasteiger partial charge in [0.1, 0.15) is 5.82 Å². The number of ketones is 1. The van der Waals surface area contributed by atoms with Crippen LogP contribution in [0.1, 0.15) is 15.9 Å². The second-order valence-corrected chi connectivity index (χ2v) is 4.70.